The maximum atomic E-state index is 4.37. The minimum Gasteiger partial charge on any atom is -0.261 e. The predicted octanol–water partition coefficient (Wildman–Crippen LogP) is 2.93. The second-order valence-electron chi connectivity index (χ2n) is 3.41. The fourth-order valence-corrected chi connectivity index (χ4v) is 1.66. The van der Waals surface area contributed by atoms with Gasteiger partial charge in [-0.25, -0.2) is 0 Å². The van der Waals surface area contributed by atoms with Crippen LogP contribution in [0.5, 0.6) is 0 Å². The second kappa shape index (κ2) is 3.56. The molecule has 66 valence electrons. The topological polar surface area (TPSA) is 12.9 Å². The molecule has 0 aliphatic heterocycles. The van der Waals surface area contributed by atoms with Gasteiger partial charge in [-0.3, -0.25) is 4.98 Å². The van der Waals surface area contributed by atoms with E-state index in [9.17, 15) is 0 Å². The van der Waals surface area contributed by atoms with E-state index in [1.165, 1.54) is 0 Å². The third-order valence-corrected chi connectivity index (χ3v) is 2.44. The van der Waals surface area contributed by atoms with Gasteiger partial charge >= 0.3 is 0 Å². The number of allylic oxidation sites excluding steroid dienone is 4. The van der Waals surface area contributed by atoms with Gasteiger partial charge in [-0.15, -0.1) is 0 Å². The molecule has 1 aromatic heterocycles. The highest BCUT2D eigenvalue weighted by atomic mass is 14.7. The number of hydrogen-bond donors (Lipinski definition) is 0. The van der Waals surface area contributed by atoms with Gasteiger partial charge in [-0.1, -0.05) is 37.3 Å². The Bertz CT molecular complexity index is 324. The maximum absolute atomic E-state index is 4.37. The van der Waals surface area contributed by atoms with E-state index in [4.69, 9.17) is 0 Å². The molecule has 1 aromatic rings. The summed E-state index contributed by atoms with van der Waals surface area (Å²) in [5.74, 6) is 1.01. The molecule has 0 radical (unpaired) electrons. The van der Waals surface area contributed by atoms with E-state index in [2.05, 4.69) is 42.3 Å². The molecule has 0 fully saturated rings. The zero-order valence-corrected chi connectivity index (χ0v) is 7.72. The number of rotatable bonds is 1. The molecule has 1 nitrogen and oxygen atoms in total. The molecule has 2 unspecified atom stereocenters. The van der Waals surface area contributed by atoms with Crippen molar-refractivity contribution in [3.63, 3.8) is 0 Å². The van der Waals surface area contributed by atoms with Crippen molar-refractivity contribution < 1.29 is 0 Å². The van der Waals surface area contributed by atoms with E-state index in [0.29, 0.717) is 11.8 Å². The molecule has 2 atom stereocenters. The highest BCUT2D eigenvalue weighted by molar-refractivity contribution is 5.25. The fraction of sp³-hybridized carbons (Fsp3) is 0.250. The Hall–Kier alpha value is -1.37. The molecular weight excluding hydrogens is 158 g/mol. The first-order valence-corrected chi connectivity index (χ1v) is 4.64. The summed E-state index contributed by atoms with van der Waals surface area (Å²) in [6, 6.07) is 6.09. The van der Waals surface area contributed by atoms with Crippen LogP contribution in [0.15, 0.2) is 48.7 Å². The molecule has 1 aliphatic rings. The highest BCUT2D eigenvalue weighted by Crippen LogP contribution is 2.27. The fourth-order valence-electron chi connectivity index (χ4n) is 1.66. The Morgan fingerprint density at radius 1 is 1.15 bits per heavy atom. The Morgan fingerprint density at radius 2 is 2.00 bits per heavy atom. The lowest BCUT2D eigenvalue weighted by molar-refractivity contribution is 0.620. The number of nitrogens with zero attached hydrogens (tertiary/aromatic N) is 1. The zero-order chi connectivity index (χ0) is 9.10. The Balaban J connectivity index is 2.27. The average Bonchev–Trinajstić information content (AvgIpc) is 2.20. The van der Waals surface area contributed by atoms with Gasteiger partial charge in [0.2, 0.25) is 0 Å². The van der Waals surface area contributed by atoms with Gasteiger partial charge in [0.05, 0.1) is 0 Å². The summed E-state index contributed by atoms with van der Waals surface area (Å²) in [5.41, 5.74) is 1.16. The van der Waals surface area contributed by atoms with Crippen LogP contribution in [0.2, 0.25) is 0 Å². The molecule has 13 heavy (non-hydrogen) atoms. The van der Waals surface area contributed by atoms with Crippen LogP contribution in [0.3, 0.4) is 0 Å². The first-order valence-electron chi connectivity index (χ1n) is 4.64. The van der Waals surface area contributed by atoms with Gasteiger partial charge in [0, 0.05) is 17.8 Å². The van der Waals surface area contributed by atoms with Crippen molar-refractivity contribution in [2.45, 2.75) is 12.8 Å². The van der Waals surface area contributed by atoms with Gasteiger partial charge in [-0.05, 0) is 18.1 Å². The predicted molar refractivity (Wildman–Crippen MR) is 54.4 cm³/mol. The SMILES string of the molecule is CC1C=CC=CC1c1ccccn1. The number of hydrogen-bond acceptors (Lipinski definition) is 1. The van der Waals surface area contributed by atoms with Crippen molar-refractivity contribution in [2.24, 2.45) is 5.92 Å². The van der Waals surface area contributed by atoms with Gasteiger partial charge in [0.1, 0.15) is 0 Å². The first kappa shape index (κ1) is 8.24. The van der Waals surface area contributed by atoms with Crippen molar-refractivity contribution in [1.82, 2.24) is 4.98 Å². The third kappa shape index (κ3) is 1.69. The third-order valence-electron chi connectivity index (χ3n) is 2.44. The first-order chi connectivity index (χ1) is 6.38. The van der Waals surface area contributed by atoms with E-state index in [0.717, 1.165) is 5.69 Å². The molecule has 2 rings (SSSR count). The monoisotopic (exact) mass is 171 g/mol. The van der Waals surface area contributed by atoms with Crippen molar-refractivity contribution in [2.75, 3.05) is 0 Å². The molecule has 0 saturated heterocycles. The van der Waals surface area contributed by atoms with Gasteiger partial charge < -0.3 is 0 Å². The molecule has 1 aliphatic carbocycles. The summed E-state index contributed by atoms with van der Waals surface area (Å²) in [6.07, 6.45) is 10.5. The largest absolute Gasteiger partial charge is 0.261 e. The summed E-state index contributed by atoms with van der Waals surface area (Å²) >= 11 is 0. The number of aromatic nitrogens is 1. The molecule has 0 saturated carbocycles. The van der Waals surface area contributed by atoms with Crippen LogP contribution in [-0.4, -0.2) is 4.98 Å². The molecule has 0 aromatic carbocycles. The minimum atomic E-state index is 0.450. The van der Waals surface area contributed by atoms with E-state index in [-0.39, 0.29) is 0 Å². The van der Waals surface area contributed by atoms with Crippen molar-refractivity contribution >= 4 is 0 Å². The standard InChI is InChI=1S/C12H13N/c1-10-6-2-3-7-11(10)12-8-4-5-9-13-12/h2-11H,1H3. The molecule has 0 amide bonds. The maximum Gasteiger partial charge on any atom is 0.0478 e. The van der Waals surface area contributed by atoms with Crippen LogP contribution < -0.4 is 0 Å². The molecule has 1 heteroatoms. The van der Waals surface area contributed by atoms with E-state index < -0.39 is 0 Å². The Kier molecular flexibility index (Phi) is 2.26. The van der Waals surface area contributed by atoms with Gasteiger partial charge in [0.25, 0.3) is 0 Å². The van der Waals surface area contributed by atoms with Crippen molar-refractivity contribution in [1.29, 1.82) is 0 Å². The summed E-state index contributed by atoms with van der Waals surface area (Å²) in [6.45, 7) is 2.22. The lowest BCUT2D eigenvalue weighted by atomic mass is 9.87. The summed E-state index contributed by atoms with van der Waals surface area (Å²) in [5, 5.41) is 0. The second-order valence-corrected chi connectivity index (χ2v) is 3.41. The number of pyridine rings is 1. The van der Waals surface area contributed by atoms with Crippen LogP contribution in [-0.2, 0) is 0 Å². The lowest BCUT2D eigenvalue weighted by Crippen LogP contribution is -2.08. The molecule has 1 heterocycles. The summed E-state index contributed by atoms with van der Waals surface area (Å²) in [4.78, 5) is 4.37. The Morgan fingerprint density at radius 3 is 2.69 bits per heavy atom. The van der Waals surface area contributed by atoms with Crippen LogP contribution in [0.1, 0.15) is 18.5 Å². The van der Waals surface area contributed by atoms with E-state index in [1.54, 1.807) is 0 Å². The van der Waals surface area contributed by atoms with Crippen molar-refractivity contribution in [3.05, 3.63) is 54.4 Å². The van der Waals surface area contributed by atoms with Crippen LogP contribution in [0.4, 0.5) is 0 Å². The van der Waals surface area contributed by atoms with E-state index in [1.807, 2.05) is 18.3 Å². The van der Waals surface area contributed by atoms with Crippen LogP contribution >= 0.6 is 0 Å². The minimum absolute atomic E-state index is 0.450. The Labute approximate surface area is 78.8 Å². The highest BCUT2D eigenvalue weighted by Gasteiger charge is 2.16. The molecule has 0 N–H and O–H groups in total. The van der Waals surface area contributed by atoms with Crippen molar-refractivity contribution in [3.8, 4) is 0 Å². The summed E-state index contributed by atoms with van der Waals surface area (Å²) < 4.78 is 0. The summed E-state index contributed by atoms with van der Waals surface area (Å²) in [7, 11) is 0. The smallest absolute Gasteiger partial charge is 0.0478 e. The normalized spacial score (nSPS) is 26.2. The quantitative estimate of drug-likeness (QED) is 0.633. The lowest BCUT2D eigenvalue weighted by Gasteiger charge is -2.19. The molecule has 0 bridgehead atoms. The van der Waals surface area contributed by atoms with Gasteiger partial charge in [0.15, 0.2) is 0 Å². The van der Waals surface area contributed by atoms with Gasteiger partial charge in [-0.2, -0.15) is 0 Å². The van der Waals surface area contributed by atoms with Crippen LogP contribution in [0, 0.1) is 5.92 Å². The van der Waals surface area contributed by atoms with E-state index >= 15 is 0 Å². The molecule has 0 spiro atoms. The zero-order valence-electron chi connectivity index (χ0n) is 7.72. The average molecular weight is 171 g/mol. The molecular formula is C12H13N. The van der Waals surface area contributed by atoms with Crippen LogP contribution in [0.25, 0.3) is 0 Å².